The van der Waals surface area contributed by atoms with E-state index in [2.05, 4.69) is 10.0 Å². The molecule has 0 fully saturated rings. The number of fused-ring (bicyclic) bond motifs is 1. The first-order valence-corrected chi connectivity index (χ1v) is 7.66. The van der Waals surface area contributed by atoms with Crippen LogP contribution in [0.2, 0.25) is 0 Å². The standard InChI is InChI=1S/C10H8IN3O2/c1-7(13-14-12)6-11-9-5-3-2-4-8(9)10(15)16-11/h2-6H,1H3/b7-6+. The molecule has 1 heterocycles. The summed E-state index contributed by atoms with van der Waals surface area (Å²) in [6.07, 6.45) is 0. The van der Waals surface area contributed by atoms with Gasteiger partial charge < -0.3 is 0 Å². The quantitative estimate of drug-likeness (QED) is 0.360. The van der Waals surface area contributed by atoms with Crippen LogP contribution in [0.1, 0.15) is 17.3 Å². The van der Waals surface area contributed by atoms with Gasteiger partial charge in [0.25, 0.3) is 0 Å². The van der Waals surface area contributed by atoms with Gasteiger partial charge in [0.15, 0.2) is 0 Å². The van der Waals surface area contributed by atoms with E-state index in [4.69, 9.17) is 8.60 Å². The zero-order valence-corrected chi connectivity index (χ0v) is 10.6. The molecule has 0 unspecified atom stereocenters. The van der Waals surface area contributed by atoms with E-state index in [1.54, 1.807) is 17.1 Å². The van der Waals surface area contributed by atoms with Crippen LogP contribution in [0.15, 0.2) is 39.2 Å². The van der Waals surface area contributed by atoms with E-state index in [9.17, 15) is 4.79 Å². The number of rotatable bonds is 2. The molecule has 16 heavy (non-hydrogen) atoms. The third-order valence-electron chi connectivity index (χ3n) is 1.91. The number of hydrogen-bond donors (Lipinski definition) is 0. The second-order valence-corrected chi connectivity index (χ2v) is 6.86. The molecule has 0 bridgehead atoms. The second kappa shape index (κ2) is 4.54. The summed E-state index contributed by atoms with van der Waals surface area (Å²) in [5.74, 6) is -0.272. The molecular formula is C10H8IN3O2. The van der Waals surface area contributed by atoms with Gasteiger partial charge in [-0.25, -0.2) is 0 Å². The first kappa shape index (κ1) is 11.0. The topological polar surface area (TPSA) is 75.1 Å². The molecule has 0 saturated heterocycles. The predicted molar refractivity (Wildman–Crippen MR) is 67.5 cm³/mol. The van der Waals surface area contributed by atoms with Crippen molar-refractivity contribution in [3.05, 3.63) is 53.6 Å². The van der Waals surface area contributed by atoms with Crippen LogP contribution in [-0.2, 0) is 3.07 Å². The van der Waals surface area contributed by atoms with Crippen LogP contribution in [-0.4, -0.2) is 5.97 Å². The Bertz CT molecular complexity index is 521. The molecule has 0 radical (unpaired) electrons. The summed E-state index contributed by atoms with van der Waals surface area (Å²) in [5.41, 5.74) is 9.47. The molecule has 1 aliphatic heterocycles. The molecule has 82 valence electrons. The van der Waals surface area contributed by atoms with Gasteiger partial charge in [0.05, 0.1) is 0 Å². The summed E-state index contributed by atoms with van der Waals surface area (Å²) in [7, 11) is 0. The Hall–Kier alpha value is -1.53. The van der Waals surface area contributed by atoms with Crippen molar-refractivity contribution in [3.63, 3.8) is 0 Å². The molecule has 0 amide bonds. The number of hydrogen-bond acceptors (Lipinski definition) is 3. The number of halogens is 1. The normalized spacial score (nSPS) is 16.4. The van der Waals surface area contributed by atoms with Crippen molar-refractivity contribution in [2.75, 3.05) is 0 Å². The van der Waals surface area contributed by atoms with Gasteiger partial charge in [0, 0.05) is 0 Å². The summed E-state index contributed by atoms with van der Waals surface area (Å²) >= 11 is -2.09. The predicted octanol–water partition coefficient (Wildman–Crippen LogP) is 3.62. The monoisotopic (exact) mass is 329 g/mol. The van der Waals surface area contributed by atoms with Crippen LogP contribution in [0.4, 0.5) is 0 Å². The first-order valence-electron chi connectivity index (χ1n) is 4.46. The molecule has 0 atom stereocenters. The average Bonchev–Trinajstić information content (AvgIpc) is 2.57. The van der Waals surface area contributed by atoms with Crippen molar-refractivity contribution in [2.45, 2.75) is 6.92 Å². The van der Waals surface area contributed by atoms with Crippen LogP contribution in [0, 0.1) is 3.57 Å². The minimum absolute atomic E-state index is 0.272. The van der Waals surface area contributed by atoms with Gasteiger partial charge in [-0.2, -0.15) is 0 Å². The van der Waals surface area contributed by atoms with Gasteiger partial charge in [-0.1, -0.05) is 0 Å². The Morgan fingerprint density at radius 1 is 1.56 bits per heavy atom. The van der Waals surface area contributed by atoms with E-state index in [1.807, 2.05) is 18.2 Å². The molecule has 2 rings (SSSR count). The van der Waals surface area contributed by atoms with E-state index in [0.29, 0.717) is 11.3 Å². The van der Waals surface area contributed by atoms with Crippen molar-refractivity contribution in [3.8, 4) is 0 Å². The Balaban J connectivity index is 2.38. The van der Waals surface area contributed by atoms with Gasteiger partial charge in [-0.15, -0.1) is 0 Å². The van der Waals surface area contributed by atoms with Gasteiger partial charge in [-0.05, 0) is 0 Å². The van der Waals surface area contributed by atoms with Crippen LogP contribution in [0.3, 0.4) is 0 Å². The molecule has 1 aromatic rings. The van der Waals surface area contributed by atoms with E-state index in [0.717, 1.165) is 3.57 Å². The number of allylic oxidation sites excluding steroid dienone is 1. The van der Waals surface area contributed by atoms with E-state index >= 15 is 0 Å². The summed E-state index contributed by atoms with van der Waals surface area (Å²) in [5, 5.41) is 3.48. The third kappa shape index (κ3) is 2.02. The van der Waals surface area contributed by atoms with Gasteiger partial charge in [-0.3, -0.25) is 0 Å². The first-order chi connectivity index (χ1) is 7.72. The third-order valence-corrected chi connectivity index (χ3v) is 6.33. The fourth-order valence-electron chi connectivity index (χ4n) is 1.26. The van der Waals surface area contributed by atoms with Crippen LogP contribution in [0.5, 0.6) is 0 Å². The fraction of sp³-hybridized carbons (Fsp3) is 0.100. The average molecular weight is 329 g/mol. The molecule has 0 aromatic heterocycles. The van der Waals surface area contributed by atoms with E-state index < -0.39 is 20.2 Å². The summed E-state index contributed by atoms with van der Waals surface area (Å²) in [6, 6.07) is 7.34. The Labute approximate surface area is 99.7 Å². The molecule has 0 saturated carbocycles. The van der Waals surface area contributed by atoms with Gasteiger partial charge >= 0.3 is 99.7 Å². The number of nitrogens with zero attached hydrogens (tertiary/aromatic N) is 3. The molecule has 0 N–H and O–H groups in total. The van der Waals surface area contributed by atoms with Crippen molar-refractivity contribution >= 4 is 26.2 Å². The minimum atomic E-state index is -2.09. The zero-order chi connectivity index (χ0) is 11.5. The van der Waals surface area contributed by atoms with E-state index in [1.165, 1.54) is 0 Å². The number of carbonyl (C=O) groups is 1. The Kier molecular flexibility index (Phi) is 3.12. The Morgan fingerprint density at radius 3 is 3.06 bits per heavy atom. The number of azide groups is 1. The molecule has 5 nitrogen and oxygen atoms in total. The second-order valence-electron chi connectivity index (χ2n) is 3.06. The number of benzene rings is 1. The zero-order valence-electron chi connectivity index (χ0n) is 8.42. The molecule has 1 aliphatic rings. The molecule has 0 aliphatic carbocycles. The molecule has 1 aromatic carbocycles. The fourth-order valence-corrected chi connectivity index (χ4v) is 5.11. The van der Waals surface area contributed by atoms with Gasteiger partial charge in [0.2, 0.25) is 0 Å². The van der Waals surface area contributed by atoms with Crippen LogP contribution in [0.25, 0.3) is 10.4 Å². The maximum absolute atomic E-state index is 11.5. The van der Waals surface area contributed by atoms with E-state index in [-0.39, 0.29) is 5.97 Å². The summed E-state index contributed by atoms with van der Waals surface area (Å²) in [4.78, 5) is 14.2. The van der Waals surface area contributed by atoms with Crippen molar-refractivity contribution < 1.29 is 7.86 Å². The van der Waals surface area contributed by atoms with Crippen LogP contribution >= 0.6 is 20.2 Å². The molecular weight excluding hydrogens is 321 g/mol. The summed E-state index contributed by atoms with van der Waals surface area (Å²) < 4.78 is 8.05. The molecule has 0 spiro atoms. The van der Waals surface area contributed by atoms with Crippen LogP contribution < -0.4 is 0 Å². The van der Waals surface area contributed by atoms with Crippen molar-refractivity contribution in [1.29, 1.82) is 0 Å². The Morgan fingerprint density at radius 2 is 2.31 bits per heavy atom. The number of carbonyl (C=O) groups excluding carboxylic acids is 1. The maximum atomic E-state index is 11.5. The molecule has 6 heteroatoms. The SMILES string of the molecule is C/C(=C\I1OC(=O)c2ccccc21)N=[N+]=[N-]. The summed E-state index contributed by atoms with van der Waals surface area (Å²) in [6.45, 7) is 1.70. The van der Waals surface area contributed by atoms with Crippen molar-refractivity contribution in [1.82, 2.24) is 0 Å². The van der Waals surface area contributed by atoms with Gasteiger partial charge in [0.1, 0.15) is 0 Å². The van der Waals surface area contributed by atoms with Crippen molar-refractivity contribution in [2.24, 2.45) is 5.11 Å².